The molecule has 50 heavy (non-hydrogen) atoms. The molecule has 13 heteroatoms. The Labute approximate surface area is 293 Å². The number of likely N-dealkylation sites (tertiary alicyclic amines) is 1. The first-order valence-corrected chi connectivity index (χ1v) is 18.0. The van der Waals surface area contributed by atoms with Gasteiger partial charge in [0.15, 0.2) is 0 Å². The summed E-state index contributed by atoms with van der Waals surface area (Å²) in [5.74, 6) is 0.232. The van der Waals surface area contributed by atoms with Crippen LogP contribution in [-0.2, 0) is 16.6 Å². The van der Waals surface area contributed by atoms with E-state index in [1.54, 1.807) is 19.4 Å². The number of ether oxygens (including phenoxy) is 1. The Bertz CT molecular complexity index is 1700. The second kappa shape index (κ2) is 14.3. The van der Waals surface area contributed by atoms with Crippen molar-refractivity contribution in [2.75, 3.05) is 68.5 Å². The van der Waals surface area contributed by atoms with E-state index in [0.29, 0.717) is 29.2 Å². The zero-order valence-electron chi connectivity index (χ0n) is 29.2. The number of carbonyl (C=O) groups is 3. The van der Waals surface area contributed by atoms with Gasteiger partial charge in [0.2, 0.25) is 11.8 Å². The van der Waals surface area contributed by atoms with Crippen LogP contribution in [0.15, 0.2) is 42.9 Å². The van der Waals surface area contributed by atoms with E-state index < -0.39 is 17.9 Å². The number of aryl methyl sites for hydroxylation is 1. The van der Waals surface area contributed by atoms with Crippen molar-refractivity contribution in [1.29, 1.82) is 0 Å². The van der Waals surface area contributed by atoms with Crippen molar-refractivity contribution in [2.24, 2.45) is 18.4 Å². The molecule has 13 nitrogen and oxygen atoms in total. The van der Waals surface area contributed by atoms with Crippen molar-refractivity contribution < 1.29 is 19.1 Å². The summed E-state index contributed by atoms with van der Waals surface area (Å²) in [5, 5.41) is 9.36. The summed E-state index contributed by atoms with van der Waals surface area (Å²) in [4.78, 5) is 48.0. The minimum atomic E-state index is -0.711. The number of piperidine rings is 4. The third-order valence-corrected chi connectivity index (χ3v) is 11.5. The fourth-order valence-corrected chi connectivity index (χ4v) is 8.26. The van der Waals surface area contributed by atoms with Crippen LogP contribution in [0.25, 0.3) is 11.1 Å². The van der Waals surface area contributed by atoms with Gasteiger partial charge >= 0.3 is 0 Å². The summed E-state index contributed by atoms with van der Waals surface area (Å²) in [5.41, 5.74) is 12.0. The molecule has 0 bridgehead atoms. The molecule has 7 rings (SSSR count). The van der Waals surface area contributed by atoms with Crippen molar-refractivity contribution in [3.05, 3.63) is 48.5 Å². The van der Waals surface area contributed by atoms with Gasteiger partial charge < -0.3 is 30.5 Å². The molecule has 4 fully saturated rings. The number of hydrogen-bond donors (Lipinski definition) is 3. The Balaban J connectivity index is 0.865. The van der Waals surface area contributed by atoms with E-state index in [4.69, 9.17) is 10.5 Å². The Morgan fingerprint density at radius 1 is 1.00 bits per heavy atom. The largest absolute Gasteiger partial charge is 0.495 e. The minimum Gasteiger partial charge on any atom is -0.495 e. The molecule has 0 saturated carbocycles. The standard InChI is InChI=1S/C37H49N9O4/c1-43-24-26(21-40-43)28-19-29(38)33(50-2)20-32(28)46-13-7-25(8-14-46)23-44-15-9-37(10-16-44)11-17-45(18-12-37)27-3-4-30(39-22-27)35(48)41-31-5-6-34(47)42-36(31)49/h3-4,19-22,24-25,31H,5-18,23,38H2,1-2H3,(H,41,48)(H,42,47,49). The number of nitrogen functional groups attached to an aromatic ring is 1. The molecule has 3 aromatic rings. The highest BCUT2D eigenvalue weighted by molar-refractivity contribution is 6.03. The lowest BCUT2D eigenvalue weighted by molar-refractivity contribution is -0.134. The molecule has 266 valence electrons. The van der Waals surface area contributed by atoms with Gasteiger partial charge in [-0.25, -0.2) is 4.98 Å². The molecule has 0 radical (unpaired) electrons. The zero-order valence-corrected chi connectivity index (χ0v) is 29.2. The number of hydrogen-bond acceptors (Lipinski definition) is 10. The van der Waals surface area contributed by atoms with Crippen LogP contribution >= 0.6 is 0 Å². The van der Waals surface area contributed by atoms with Crippen molar-refractivity contribution in [3.63, 3.8) is 0 Å². The normalized spacial score (nSPS) is 21.7. The number of aromatic nitrogens is 3. The highest BCUT2D eigenvalue weighted by Crippen LogP contribution is 2.43. The molecule has 1 unspecified atom stereocenters. The molecule has 1 spiro atoms. The van der Waals surface area contributed by atoms with Crippen LogP contribution < -0.4 is 30.9 Å². The van der Waals surface area contributed by atoms with E-state index >= 15 is 0 Å². The Morgan fingerprint density at radius 2 is 1.74 bits per heavy atom. The molecule has 0 aliphatic carbocycles. The van der Waals surface area contributed by atoms with Gasteiger partial charge in [0.1, 0.15) is 17.5 Å². The van der Waals surface area contributed by atoms with Gasteiger partial charge in [-0.1, -0.05) is 0 Å². The first-order chi connectivity index (χ1) is 24.2. The molecule has 4 aliphatic heterocycles. The summed E-state index contributed by atoms with van der Waals surface area (Å²) >= 11 is 0. The van der Waals surface area contributed by atoms with Crippen molar-refractivity contribution in [3.8, 4) is 16.9 Å². The number of imide groups is 1. The average Bonchev–Trinajstić information content (AvgIpc) is 3.57. The molecule has 4 N–H and O–H groups in total. The lowest BCUT2D eigenvalue weighted by Gasteiger charge is -2.48. The third-order valence-electron chi connectivity index (χ3n) is 11.5. The molecule has 2 aromatic heterocycles. The highest BCUT2D eigenvalue weighted by atomic mass is 16.5. The summed E-state index contributed by atoms with van der Waals surface area (Å²) < 4.78 is 7.42. The summed E-state index contributed by atoms with van der Waals surface area (Å²) in [6.07, 6.45) is 13.4. The number of pyridine rings is 1. The lowest BCUT2D eigenvalue weighted by atomic mass is 9.71. The maximum absolute atomic E-state index is 12.7. The number of nitrogens with one attached hydrogen (secondary N) is 2. The van der Waals surface area contributed by atoms with Crippen LogP contribution in [0.1, 0.15) is 61.9 Å². The molecular weight excluding hydrogens is 634 g/mol. The summed E-state index contributed by atoms with van der Waals surface area (Å²) in [7, 11) is 3.61. The number of carbonyl (C=O) groups excluding carboxylic acids is 3. The second-order valence-electron chi connectivity index (χ2n) is 14.6. The van der Waals surface area contributed by atoms with Crippen LogP contribution in [0.4, 0.5) is 17.1 Å². The molecular formula is C37H49N9O4. The number of amides is 3. The van der Waals surface area contributed by atoms with E-state index in [0.717, 1.165) is 48.7 Å². The van der Waals surface area contributed by atoms with E-state index in [1.165, 1.54) is 58.2 Å². The fraction of sp³-hybridized carbons (Fsp3) is 0.541. The number of methoxy groups -OCH3 is 1. The summed E-state index contributed by atoms with van der Waals surface area (Å²) in [6, 6.07) is 7.06. The van der Waals surface area contributed by atoms with Crippen LogP contribution in [0, 0.1) is 11.3 Å². The van der Waals surface area contributed by atoms with Gasteiger partial charge in [0.05, 0.1) is 30.9 Å². The third kappa shape index (κ3) is 7.28. The summed E-state index contributed by atoms with van der Waals surface area (Å²) in [6.45, 7) is 7.50. The molecule has 4 aliphatic rings. The van der Waals surface area contributed by atoms with Crippen molar-refractivity contribution in [2.45, 2.75) is 57.4 Å². The number of rotatable bonds is 8. The van der Waals surface area contributed by atoms with Crippen molar-refractivity contribution >= 4 is 34.8 Å². The first-order valence-electron chi connectivity index (χ1n) is 18.0. The lowest BCUT2D eigenvalue weighted by Crippen LogP contribution is -2.52. The van der Waals surface area contributed by atoms with Gasteiger partial charge in [-0.05, 0) is 87.6 Å². The van der Waals surface area contributed by atoms with Gasteiger partial charge in [-0.15, -0.1) is 0 Å². The monoisotopic (exact) mass is 683 g/mol. The van der Waals surface area contributed by atoms with Crippen LogP contribution in [-0.4, -0.2) is 96.4 Å². The Kier molecular flexibility index (Phi) is 9.67. The average molecular weight is 684 g/mol. The smallest absolute Gasteiger partial charge is 0.270 e. The molecule has 6 heterocycles. The predicted octanol–water partition coefficient (Wildman–Crippen LogP) is 3.21. The van der Waals surface area contributed by atoms with E-state index in [1.807, 2.05) is 36.3 Å². The van der Waals surface area contributed by atoms with Crippen LogP contribution in [0.3, 0.4) is 0 Å². The maximum Gasteiger partial charge on any atom is 0.270 e. The molecule has 1 aromatic carbocycles. The number of anilines is 3. The number of nitrogens with two attached hydrogens (primary N) is 1. The van der Waals surface area contributed by atoms with Gasteiger partial charge in [0, 0.05) is 75.3 Å². The van der Waals surface area contributed by atoms with Gasteiger partial charge in [0.25, 0.3) is 5.91 Å². The highest BCUT2D eigenvalue weighted by Gasteiger charge is 2.38. The maximum atomic E-state index is 12.7. The fourth-order valence-electron chi connectivity index (χ4n) is 8.26. The van der Waals surface area contributed by atoms with Crippen LogP contribution in [0.2, 0.25) is 0 Å². The van der Waals surface area contributed by atoms with E-state index in [2.05, 4.69) is 41.5 Å². The van der Waals surface area contributed by atoms with E-state index in [-0.39, 0.29) is 18.0 Å². The zero-order chi connectivity index (χ0) is 34.8. The quantitative estimate of drug-likeness (QED) is 0.239. The molecule has 3 amide bonds. The Morgan fingerprint density at radius 3 is 2.38 bits per heavy atom. The molecule has 4 saturated heterocycles. The second-order valence-corrected chi connectivity index (χ2v) is 14.6. The first kappa shape index (κ1) is 33.8. The van der Waals surface area contributed by atoms with Crippen molar-refractivity contribution in [1.82, 2.24) is 30.3 Å². The van der Waals surface area contributed by atoms with Gasteiger partial charge in [-0.2, -0.15) is 5.10 Å². The van der Waals surface area contributed by atoms with Crippen LogP contribution in [0.5, 0.6) is 5.75 Å². The topological polar surface area (TPSA) is 151 Å². The predicted molar refractivity (Wildman–Crippen MR) is 192 cm³/mol. The number of nitrogens with zero attached hydrogens (tertiary/aromatic N) is 6. The SMILES string of the molecule is COc1cc(N2CCC(CN3CCC4(CC3)CCN(c3ccc(C(=O)NC5CCC(=O)NC5=O)nc3)CC4)CC2)c(-c2cnn(C)c2)cc1N. The number of benzene rings is 1. The molecule has 1 atom stereocenters. The van der Waals surface area contributed by atoms with E-state index in [9.17, 15) is 14.4 Å². The van der Waals surface area contributed by atoms with Gasteiger partial charge in [-0.3, -0.25) is 24.4 Å². The minimum absolute atomic E-state index is 0.217. The Hall–Kier alpha value is -4.65.